The van der Waals surface area contributed by atoms with Crippen LogP contribution in [0.4, 0.5) is 0 Å². The molecule has 2 rings (SSSR count). The van der Waals surface area contributed by atoms with Crippen LogP contribution in [0.25, 0.3) is 0 Å². The molecule has 5 nitrogen and oxygen atoms in total. The Morgan fingerprint density at radius 1 is 1.50 bits per heavy atom. The fraction of sp³-hybridized carbons (Fsp3) is 0.250. The van der Waals surface area contributed by atoms with Gasteiger partial charge in [0.15, 0.2) is 0 Å². The Balaban J connectivity index is 2.38. The minimum Gasteiger partial charge on any atom is -0.468 e. The number of furan rings is 1. The van der Waals surface area contributed by atoms with Crippen LogP contribution in [-0.2, 0) is 16.6 Å². The summed E-state index contributed by atoms with van der Waals surface area (Å²) in [7, 11) is -3.73. The first-order valence-corrected chi connectivity index (χ1v) is 8.40. The van der Waals surface area contributed by atoms with Gasteiger partial charge in [0.1, 0.15) is 15.8 Å². The van der Waals surface area contributed by atoms with Crippen LogP contribution >= 0.6 is 27.5 Å². The molecule has 2 heterocycles. The Kier molecular flexibility index (Phi) is 4.85. The van der Waals surface area contributed by atoms with Gasteiger partial charge in [0.05, 0.1) is 12.8 Å². The van der Waals surface area contributed by atoms with Gasteiger partial charge in [0.25, 0.3) is 0 Å². The number of halogens is 2. The van der Waals surface area contributed by atoms with E-state index in [0.717, 1.165) is 0 Å². The van der Waals surface area contributed by atoms with Crippen molar-refractivity contribution in [2.45, 2.75) is 18.4 Å². The summed E-state index contributed by atoms with van der Waals surface area (Å²) in [6.45, 7) is 2.19. The largest absolute Gasteiger partial charge is 0.468 e. The highest BCUT2D eigenvalue weighted by atomic mass is 79.9. The standard InChI is InChI=1S/C12H12BrClN2O3S/c1-2-16(8-10-4-3-5-19-10)20(17,18)11-6-9(13)7-15-12(11)14/h3-7H,2,8H2,1H3. The molecule has 2 aromatic heterocycles. The molecule has 0 saturated carbocycles. The molecule has 0 aliphatic heterocycles. The maximum atomic E-state index is 12.6. The maximum Gasteiger partial charge on any atom is 0.246 e. The first kappa shape index (κ1) is 15.5. The van der Waals surface area contributed by atoms with E-state index in [9.17, 15) is 8.42 Å². The third-order valence-electron chi connectivity index (χ3n) is 2.66. The fourth-order valence-corrected chi connectivity index (χ4v) is 4.00. The SMILES string of the molecule is CCN(Cc1ccco1)S(=O)(=O)c1cc(Br)cnc1Cl. The number of pyridine rings is 1. The van der Waals surface area contributed by atoms with Crippen LogP contribution in [0, 0.1) is 0 Å². The number of aromatic nitrogens is 1. The second-order valence-corrected chi connectivity index (χ2v) is 7.13. The first-order chi connectivity index (χ1) is 9.45. The van der Waals surface area contributed by atoms with Crippen molar-refractivity contribution in [2.75, 3.05) is 6.54 Å². The molecule has 8 heteroatoms. The Bertz CT molecular complexity index is 689. The monoisotopic (exact) mass is 378 g/mol. The zero-order chi connectivity index (χ0) is 14.8. The lowest BCUT2D eigenvalue weighted by molar-refractivity contribution is 0.375. The number of sulfonamides is 1. The van der Waals surface area contributed by atoms with E-state index in [-0.39, 0.29) is 16.6 Å². The second kappa shape index (κ2) is 6.26. The Labute approximate surface area is 130 Å². The molecule has 0 aromatic carbocycles. The molecule has 20 heavy (non-hydrogen) atoms. The summed E-state index contributed by atoms with van der Waals surface area (Å²) in [4.78, 5) is 3.82. The number of nitrogens with zero attached hydrogens (tertiary/aromatic N) is 2. The lowest BCUT2D eigenvalue weighted by Gasteiger charge is -2.19. The summed E-state index contributed by atoms with van der Waals surface area (Å²) >= 11 is 9.10. The zero-order valence-corrected chi connectivity index (χ0v) is 13.7. The normalized spacial score (nSPS) is 12.0. The van der Waals surface area contributed by atoms with Crippen LogP contribution in [-0.4, -0.2) is 24.3 Å². The lowest BCUT2D eigenvalue weighted by atomic mass is 10.4. The molecule has 0 radical (unpaired) electrons. The molecule has 0 unspecified atom stereocenters. The molecule has 0 fully saturated rings. The topological polar surface area (TPSA) is 63.4 Å². The summed E-state index contributed by atoms with van der Waals surface area (Å²) in [6, 6.07) is 4.87. The average molecular weight is 380 g/mol. The van der Waals surface area contributed by atoms with Gasteiger partial charge in [-0.05, 0) is 34.1 Å². The van der Waals surface area contributed by atoms with E-state index >= 15 is 0 Å². The van der Waals surface area contributed by atoms with Crippen molar-refractivity contribution in [3.8, 4) is 0 Å². The molecule has 0 saturated heterocycles. The van der Waals surface area contributed by atoms with Gasteiger partial charge in [-0.3, -0.25) is 0 Å². The van der Waals surface area contributed by atoms with Crippen molar-refractivity contribution in [2.24, 2.45) is 0 Å². The molecule has 0 aliphatic rings. The van der Waals surface area contributed by atoms with Crippen LogP contribution in [0.15, 0.2) is 44.4 Å². The third kappa shape index (κ3) is 3.22. The molecular weight excluding hydrogens is 368 g/mol. The molecule has 0 N–H and O–H groups in total. The van der Waals surface area contributed by atoms with E-state index in [2.05, 4.69) is 20.9 Å². The van der Waals surface area contributed by atoms with E-state index in [1.165, 1.54) is 22.8 Å². The van der Waals surface area contributed by atoms with E-state index in [4.69, 9.17) is 16.0 Å². The smallest absolute Gasteiger partial charge is 0.246 e. The van der Waals surface area contributed by atoms with E-state index in [1.807, 2.05) is 0 Å². The minimum absolute atomic E-state index is 0.0260. The van der Waals surface area contributed by atoms with Gasteiger partial charge >= 0.3 is 0 Å². The molecule has 108 valence electrons. The molecule has 0 aliphatic carbocycles. The molecule has 2 aromatic rings. The molecular formula is C12H12BrClN2O3S. The van der Waals surface area contributed by atoms with Crippen molar-refractivity contribution in [3.05, 3.63) is 46.0 Å². The van der Waals surface area contributed by atoms with Crippen molar-refractivity contribution < 1.29 is 12.8 Å². The number of hydrogen-bond donors (Lipinski definition) is 0. The van der Waals surface area contributed by atoms with Crippen molar-refractivity contribution in [1.82, 2.24) is 9.29 Å². The molecule has 0 atom stereocenters. The maximum absolute atomic E-state index is 12.6. The molecule has 0 amide bonds. The van der Waals surface area contributed by atoms with Crippen LogP contribution in [0.5, 0.6) is 0 Å². The van der Waals surface area contributed by atoms with Crippen LogP contribution in [0.3, 0.4) is 0 Å². The first-order valence-electron chi connectivity index (χ1n) is 5.78. The van der Waals surface area contributed by atoms with Crippen molar-refractivity contribution in [1.29, 1.82) is 0 Å². The van der Waals surface area contributed by atoms with Gasteiger partial charge in [0, 0.05) is 17.2 Å². The third-order valence-corrected chi connectivity index (χ3v) is 5.44. The highest BCUT2D eigenvalue weighted by molar-refractivity contribution is 9.10. The van der Waals surface area contributed by atoms with Gasteiger partial charge < -0.3 is 4.42 Å². The average Bonchev–Trinajstić information content (AvgIpc) is 2.91. The molecule has 0 bridgehead atoms. The van der Waals surface area contributed by atoms with Gasteiger partial charge in [0.2, 0.25) is 10.0 Å². The second-order valence-electron chi connectivity index (χ2n) is 3.95. The summed E-state index contributed by atoms with van der Waals surface area (Å²) in [5.41, 5.74) is 0. The Morgan fingerprint density at radius 3 is 2.85 bits per heavy atom. The Hall–Kier alpha value is -0.890. The van der Waals surface area contributed by atoms with Gasteiger partial charge in [-0.1, -0.05) is 18.5 Å². The summed E-state index contributed by atoms with van der Waals surface area (Å²) in [5, 5.41) is -0.0499. The number of hydrogen-bond acceptors (Lipinski definition) is 4. The predicted octanol–water partition coefficient (Wildman–Crippen LogP) is 3.30. The van der Waals surface area contributed by atoms with Crippen molar-refractivity contribution >= 4 is 37.6 Å². The van der Waals surface area contributed by atoms with E-state index in [1.54, 1.807) is 19.1 Å². The van der Waals surface area contributed by atoms with E-state index < -0.39 is 10.0 Å². The van der Waals surface area contributed by atoms with Crippen LogP contribution < -0.4 is 0 Å². The minimum atomic E-state index is -3.73. The summed E-state index contributed by atoms with van der Waals surface area (Å²) in [6.07, 6.45) is 2.95. The molecule has 0 spiro atoms. The predicted molar refractivity (Wildman–Crippen MR) is 78.9 cm³/mol. The van der Waals surface area contributed by atoms with Gasteiger partial charge in [-0.15, -0.1) is 0 Å². The fourth-order valence-electron chi connectivity index (χ4n) is 1.67. The van der Waals surface area contributed by atoms with Crippen LogP contribution in [0.1, 0.15) is 12.7 Å². The Morgan fingerprint density at radius 2 is 2.25 bits per heavy atom. The van der Waals surface area contributed by atoms with Gasteiger partial charge in [-0.25, -0.2) is 13.4 Å². The highest BCUT2D eigenvalue weighted by Crippen LogP contribution is 2.26. The lowest BCUT2D eigenvalue weighted by Crippen LogP contribution is -2.30. The van der Waals surface area contributed by atoms with Gasteiger partial charge in [-0.2, -0.15) is 4.31 Å². The summed E-state index contributed by atoms with van der Waals surface area (Å²) < 4.78 is 32.2. The quantitative estimate of drug-likeness (QED) is 0.748. The zero-order valence-electron chi connectivity index (χ0n) is 10.6. The van der Waals surface area contributed by atoms with E-state index in [0.29, 0.717) is 16.8 Å². The van der Waals surface area contributed by atoms with Crippen molar-refractivity contribution in [3.63, 3.8) is 0 Å². The van der Waals surface area contributed by atoms with Crippen LogP contribution in [0.2, 0.25) is 5.15 Å². The highest BCUT2D eigenvalue weighted by Gasteiger charge is 2.27. The number of rotatable bonds is 5. The summed E-state index contributed by atoms with van der Waals surface area (Å²) in [5.74, 6) is 0.564.